The third kappa shape index (κ3) is 3.34. The summed E-state index contributed by atoms with van der Waals surface area (Å²) in [4.78, 5) is 0. The van der Waals surface area contributed by atoms with Gasteiger partial charge in [-0.2, -0.15) is 5.10 Å². The highest BCUT2D eigenvalue weighted by atomic mass is 79.9. The van der Waals surface area contributed by atoms with Crippen molar-refractivity contribution < 1.29 is 0 Å². The molecular weight excluding hydrogens is 314 g/mol. The first-order valence-corrected chi connectivity index (χ1v) is 6.87. The molecule has 0 fully saturated rings. The van der Waals surface area contributed by atoms with Crippen LogP contribution >= 0.6 is 27.5 Å². The average molecular weight is 329 g/mol. The van der Waals surface area contributed by atoms with Crippen LogP contribution in [0.4, 0.5) is 0 Å². The zero-order valence-electron chi connectivity index (χ0n) is 10.4. The molecule has 0 amide bonds. The number of aryl methyl sites for hydroxylation is 2. The van der Waals surface area contributed by atoms with Crippen LogP contribution in [0.1, 0.15) is 16.8 Å². The molecule has 0 bridgehead atoms. The van der Waals surface area contributed by atoms with Crippen LogP contribution in [0.25, 0.3) is 0 Å². The molecule has 18 heavy (non-hydrogen) atoms. The lowest BCUT2D eigenvalue weighted by molar-refractivity contribution is 0.690. The number of benzene rings is 1. The minimum Gasteiger partial charge on any atom is -0.308 e. The second-order valence-corrected chi connectivity index (χ2v) is 5.58. The van der Waals surface area contributed by atoms with Gasteiger partial charge in [0.05, 0.1) is 5.69 Å². The van der Waals surface area contributed by atoms with Crippen molar-refractivity contribution in [1.29, 1.82) is 0 Å². The average Bonchev–Trinajstić information content (AvgIpc) is 2.61. The summed E-state index contributed by atoms with van der Waals surface area (Å²) >= 11 is 9.56. The highest BCUT2D eigenvalue weighted by Gasteiger charge is 2.04. The van der Waals surface area contributed by atoms with Gasteiger partial charge in [0.25, 0.3) is 0 Å². The number of aromatic nitrogens is 2. The predicted molar refractivity (Wildman–Crippen MR) is 77.6 cm³/mol. The van der Waals surface area contributed by atoms with Crippen LogP contribution < -0.4 is 5.32 Å². The fourth-order valence-electron chi connectivity index (χ4n) is 1.82. The third-order valence-corrected chi connectivity index (χ3v) is 3.61. The number of hydrogen-bond acceptors (Lipinski definition) is 2. The van der Waals surface area contributed by atoms with Crippen LogP contribution in [-0.2, 0) is 20.1 Å². The summed E-state index contributed by atoms with van der Waals surface area (Å²) in [6.07, 6.45) is 2.03. The molecule has 0 saturated heterocycles. The molecule has 0 unspecified atom stereocenters. The normalized spacial score (nSPS) is 10.9. The van der Waals surface area contributed by atoms with Gasteiger partial charge in [-0.15, -0.1) is 0 Å². The minimum atomic E-state index is 0.750. The van der Waals surface area contributed by atoms with Crippen molar-refractivity contribution in [2.24, 2.45) is 7.05 Å². The molecule has 0 spiro atoms. The van der Waals surface area contributed by atoms with Gasteiger partial charge in [-0.25, -0.2) is 0 Å². The van der Waals surface area contributed by atoms with E-state index in [0.29, 0.717) is 0 Å². The zero-order chi connectivity index (χ0) is 13.1. The van der Waals surface area contributed by atoms with Gasteiger partial charge in [-0.1, -0.05) is 33.6 Å². The smallest absolute Gasteiger partial charge is 0.0638 e. The summed E-state index contributed by atoms with van der Waals surface area (Å²) in [6, 6.07) is 5.93. The number of nitrogens with zero attached hydrogens (tertiary/aromatic N) is 2. The largest absolute Gasteiger partial charge is 0.308 e. The van der Waals surface area contributed by atoms with Crippen molar-refractivity contribution in [3.05, 3.63) is 50.7 Å². The van der Waals surface area contributed by atoms with Gasteiger partial charge in [0.15, 0.2) is 0 Å². The van der Waals surface area contributed by atoms with Crippen molar-refractivity contribution in [3.63, 3.8) is 0 Å². The summed E-state index contributed by atoms with van der Waals surface area (Å²) < 4.78 is 2.83. The first-order valence-electron chi connectivity index (χ1n) is 5.70. The summed E-state index contributed by atoms with van der Waals surface area (Å²) in [5, 5.41) is 8.47. The molecule has 96 valence electrons. The molecule has 1 aromatic heterocycles. The lowest BCUT2D eigenvalue weighted by Crippen LogP contribution is -2.13. The number of hydrogen-bond donors (Lipinski definition) is 1. The molecule has 1 heterocycles. The molecule has 1 N–H and O–H groups in total. The predicted octanol–water partition coefficient (Wildman–Crippen LogP) is 3.43. The lowest BCUT2D eigenvalue weighted by Gasteiger charge is -2.06. The second kappa shape index (κ2) is 5.87. The van der Waals surface area contributed by atoms with E-state index < -0.39 is 0 Å². The van der Waals surface area contributed by atoms with Gasteiger partial charge < -0.3 is 5.32 Å². The fraction of sp³-hybridized carbons (Fsp3) is 0.308. The van der Waals surface area contributed by atoms with Gasteiger partial charge in [0, 0.05) is 41.4 Å². The van der Waals surface area contributed by atoms with Crippen LogP contribution in [0.2, 0.25) is 5.02 Å². The molecule has 2 rings (SSSR count). The van der Waals surface area contributed by atoms with E-state index in [-0.39, 0.29) is 0 Å². The highest BCUT2D eigenvalue weighted by molar-refractivity contribution is 9.10. The SMILES string of the molecule is Cc1nn(C)cc1CNCc1ccc(Br)cc1Cl. The Morgan fingerprint density at radius 3 is 2.67 bits per heavy atom. The molecule has 0 atom stereocenters. The number of rotatable bonds is 4. The monoisotopic (exact) mass is 327 g/mol. The molecule has 0 aliphatic heterocycles. The molecule has 5 heteroatoms. The van der Waals surface area contributed by atoms with Crippen molar-refractivity contribution in [2.75, 3.05) is 0 Å². The molecule has 0 saturated carbocycles. The van der Waals surface area contributed by atoms with E-state index in [0.717, 1.165) is 33.8 Å². The Morgan fingerprint density at radius 1 is 1.33 bits per heavy atom. The summed E-state index contributed by atoms with van der Waals surface area (Å²) in [5.41, 5.74) is 3.37. The fourth-order valence-corrected chi connectivity index (χ4v) is 2.56. The van der Waals surface area contributed by atoms with Crippen LogP contribution in [0.5, 0.6) is 0 Å². The summed E-state index contributed by atoms with van der Waals surface area (Å²) in [5.74, 6) is 0. The first kappa shape index (κ1) is 13.6. The van der Waals surface area contributed by atoms with Crippen molar-refractivity contribution in [2.45, 2.75) is 20.0 Å². The number of nitrogens with one attached hydrogen (secondary N) is 1. The van der Waals surface area contributed by atoms with E-state index in [4.69, 9.17) is 11.6 Å². The van der Waals surface area contributed by atoms with Crippen LogP contribution in [0, 0.1) is 6.92 Å². The Labute approximate surface area is 120 Å². The maximum Gasteiger partial charge on any atom is 0.0638 e. The van der Waals surface area contributed by atoms with Gasteiger partial charge in [0.2, 0.25) is 0 Å². The van der Waals surface area contributed by atoms with Gasteiger partial charge in [-0.3, -0.25) is 4.68 Å². The molecular formula is C13H15BrClN3. The molecule has 2 aromatic rings. The molecule has 0 radical (unpaired) electrons. The third-order valence-electron chi connectivity index (χ3n) is 2.76. The van der Waals surface area contributed by atoms with Crippen molar-refractivity contribution in [3.8, 4) is 0 Å². The van der Waals surface area contributed by atoms with E-state index >= 15 is 0 Å². The van der Waals surface area contributed by atoms with Crippen molar-refractivity contribution >= 4 is 27.5 Å². The Balaban J connectivity index is 1.94. The molecule has 1 aromatic carbocycles. The van der Waals surface area contributed by atoms with Crippen LogP contribution in [0.15, 0.2) is 28.9 Å². The Hall–Kier alpha value is -0.840. The standard InChI is InChI=1S/C13H15BrClN3/c1-9-11(8-18(2)17-9)7-16-6-10-3-4-12(14)5-13(10)15/h3-5,8,16H,6-7H2,1-2H3. The number of halogens is 2. The molecule has 0 aliphatic carbocycles. The van der Waals surface area contributed by atoms with E-state index in [1.807, 2.05) is 43.0 Å². The maximum absolute atomic E-state index is 6.16. The van der Waals surface area contributed by atoms with Crippen LogP contribution in [0.3, 0.4) is 0 Å². The van der Waals surface area contributed by atoms with Crippen LogP contribution in [-0.4, -0.2) is 9.78 Å². The van der Waals surface area contributed by atoms with Gasteiger partial charge >= 0.3 is 0 Å². The van der Waals surface area contributed by atoms with Crippen molar-refractivity contribution in [1.82, 2.24) is 15.1 Å². The Bertz CT molecular complexity index is 551. The van der Waals surface area contributed by atoms with E-state index in [2.05, 4.69) is 26.3 Å². The van der Waals surface area contributed by atoms with E-state index in [1.54, 1.807) is 0 Å². The topological polar surface area (TPSA) is 29.9 Å². The highest BCUT2D eigenvalue weighted by Crippen LogP contribution is 2.21. The van der Waals surface area contributed by atoms with Gasteiger partial charge in [0.1, 0.15) is 0 Å². The van der Waals surface area contributed by atoms with E-state index in [9.17, 15) is 0 Å². The first-order chi connectivity index (χ1) is 8.56. The van der Waals surface area contributed by atoms with Gasteiger partial charge in [-0.05, 0) is 24.6 Å². The van der Waals surface area contributed by atoms with E-state index in [1.165, 1.54) is 5.56 Å². The quantitative estimate of drug-likeness (QED) is 0.932. The lowest BCUT2D eigenvalue weighted by atomic mass is 10.2. The summed E-state index contributed by atoms with van der Waals surface area (Å²) in [6.45, 7) is 3.57. The Morgan fingerprint density at radius 2 is 2.06 bits per heavy atom. The molecule has 0 aliphatic rings. The summed E-state index contributed by atoms with van der Waals surface area (Å²) in [7, 11) is 1.93. The zero-order valence-corrected chi connectivity index (χ0v) is 12.7. The molecule has 3 nitrogen and oxygen atoms in total. The maximum atomic E-state index is 6.16. The minimum absolute atomic E-state index is 0.750. The Kier molecular flexibility index (Phi) is 4.43. The second-order valence-electron chi connectivity index (χ2n) is 4.25.